The van der Waals surface area contributed by atoms with Gasteiger partial charge in [0, 0.05) is 5.69 Å². The number of rotatable bonds is 2. The minimum atomic E-state index is 0.540. The molecule has 0 fully saturated rings. The summed E-state index contributed by atoms with van der Waals surface area (Å²) < 4.78 is 5.63. The molecule has 2 N–H and O–H groups in total. The molecule has 0 saturated carbocycles. The molecule has 0 amide bonds. The molecule has 5 nitrogen and oxygen atoms in total. The number of hydrogen-bond donors (Lipinski definition) is 1. The highest BCUT2D eigenvalue weighted by Gasteiger charge is 2.09. The quantitative estimate of drug-likeness (QED) is 0.723. The van der Waals surface area contributed by atoms with Crippen LogP contribution >= 0.6 is 11.8 Å². The van der Waals surface area contributed by atoms with E-state index >= 15 is 0 Å². The van der Waals surface area contributed by atoms with Gasteiger partial charge < -0.3 is 10.2 Å². The Kier molecular flexibility index (Phi) is 2.87. The molecule has 0 bridgehead atoms. The summed E-state index contributed by atoms with van der Waals surface area (Å²) in [7, 11) is 0. The number of nitrogens with two attached hydrogens (primary N) is 1. The Morgan fingerprint density at radius 1 is 1.16 bits per heavy atom. The zero-order chi connectivity index (χ0) is 13.4. The lowest BCUT2D eigenvalue weighted by atomic mass is 10.3. The standard InChI is InChI=1S/C13H12N4OS/c1-7-8(2)16-12(6-15-7)19-13-17-10-5-9(14)3-4-11(10)18-13/h3-6H,14H2,1-2H3. The number of oxazole rings is 1. The minimum absolute atomic E-state index is 0.540. The van der Waals surface area contributed by atoms with Crippen molar-refractivity contribution in [1.29, 1.82) is 0 Å². The first-order chi connectivity index (χ1) is 9.11. The van der Waals surface area contributed by atoms with Gasteiger partial charge in [0.05, 0.1) is 17.6 Å². The minimum Gasteiger partial charge on any atom is -0.431 e. The van der Waals surface area contributed by atoms with Gasteiger partial charge in [-0.15, -0.1) is 0 Å². The fourth-order valence-electron chi connectivity index (χ4n) is 1.63. The fraction of sp³-hybridized carbons (Fsp3) is 0.154. The summed E-state index contributed by atoms with van der Waals surface area (Å²) in [5.41, 5.74) is 9.68. The van der Waals surface area contributed by atoms with Crippen molar-refractivity contribution in [1.82, 2.24) is 15.0 Å². The van der Waals surface area contributed by atoms with Gasteiger partial charge in [0.25, 0.3) is 5.22 Å². The number of nitrogens with zero attached hydrogens (tertiary/aromatic N) is 3. The summed E-state index contributed by atoms with van der Waals surface area (Å²) in [5, 5.41) is 1.31. The summed E-state index contributed by atoms with van der Waals surface area (Å²) in [4.78, 5) is 13.1. The van der Waals surface area contributed by atoms with Crippen LogP contribution in [-0.4, -0.2) is 15.0 Å². The number of hydrogen-bond acceptors (Lipinski definition) is 6. The van der Waals surface area contributed by atoms with Gasteiger partial charge in [0.15, 0.2) is 5.58 Å². The lowest BCUT2D eigenvalue weighted by Crippen LogP contribution is -1.92. The topological polar surface area (TPSA) is 77.8 Å². The second-order valence-corrected chi connectivity index (χ2v) is 5.16. The van der Waals surface area contributed by atoms with Gasteiger partial charge in [0.2, 0.25) is 0 Å². The molecule has 19 heavy (non-hydrogen) atoms. The molecule has 2 aromatic heterocycles. The Hall–Kier alpha value is -2.08. The van der Waals surface area contributed by atoms with Gasteiger partial charge in [-0.1, -0.05) is 0 Å². The molecule has 0 aliphatic heterocycles. The van der Waals surface area contributed by atoms with Crippen molar-refractivity contribution < 1.29 is 4.42 Å². The Morgan fingerprint density at radius 3 is 2.79 bits per heavy atom. The van der Waals surface area contributed by atoms with E-state index in [9.17, 15) is 0 Å². The molecule has 1 aromatic carbocycles. The summed E-state index contributed by atoms with van der Waals surface area (Å²) in [6.45, 7) is 3.86. The first-order valence-electron chi connectivity index (χ1n) is 5.76. The Morgan fingerprint density at radius 2 is 2.00 bits per heavy atom. The van der Waals surface area contributed by atoms with Crippen LogP contribution in [-0.2, 0) is 0 Å². The second-order valence-electron chi connectivity index (χ2n) is 4.19. The molecule has 2 heterocycles. The Bertz CT molecular complexity index is 753. The number of nitrogen functional groups attached to an aromatic ring is 1. The molecule has 6 heteroatoms. The van der Waals surface area contributed by atoms with Crippen molar-refractivity contribution in [2.24, 2.45) is 0 Å². The van der Waals surface area contributed by atoms with Crippen LogP contribution in [0.4, 0.5) is 5.69 Å². The van der Waals surface area contributed by atoms with Gasteiger partial charge in [-0.2, -0.15) is 0 Å². The zero-order valence-electron chi connectivity index (χ0n) is 10.5. The van der Waals surface area contributed by atoms with Crippen LogP contribution in [0.1, 0.15) is 11.4 Å². The molecular weight excluding hydrogens is 260 g/mol. The van der Waals surface area contributed by atoms with E-state index < -0.39 is 0 Å². The van der Waals surface area contributed by atoms with E-state index in [2.05, 4.69) is 15.0 Å². The summed E-state index contributed by atoms with van der Waals surface area (Å²) in [5.74, 6) is 0. The molecule has 0 unspecified atom stereocenters. The molecule has 0 atom stereocenters. The van der Waals surface area contributed by atoms with Crippen molar-refractivity contribution in [3.05, 3.63) is 35.8 Å². The fourth-order valence-corrected chi connectivity index (χ4v) is 2.37. The Labute approximate surface area is 114 Å². The van der Waals surface area contributed by atoms with Crippen LogP contribution in [0.5, 0.6) is 0 Å². The van der Waals surface area contributed by atoms with Crippen molar-refractivity contribution >= 4 is 28.5 Å². The van der Waals surface area contributed by atoms with Crippen LogP contribution in [0.15, 0.2) is 39.1 Å². The molecule has 0 aliphatic carbocycles. The maximum absolute atomic E-state index is 5.71. The van der Waals surface area contributed by atoms with E-state index in [1.54, 1.807) is 18.3 Å². The second kappa shape index (κ2) is 4.55. The number of aromatic nitrogens is 3. The third-order valence-electron chi connectivity index (χ3n) is 2.75. The van der Waals surface area contributed by atoms with Gasteiger partial charge in [-0.05, 0) is 43.8 Å². The predicted molar refractivity (Wildman–Crippen MR) is 74.1 cm³/mol. The summed E-state index contributed by atoms with van der Waals surface area (Å²) in [6, 6.07) is 5.39. The van der Waals surface area contributed by atoms with Crippen molar-refractivity contribution in [3.8, 4) is 0 Å². The normalized spacial score (nSPS) is 11.1. The highest BCUT2D eigenvalue weighted by atomic mass is 32.2. The zero-order valence-corrected chi connectivity index (χ0v) is 11.4. The third-order valence-corrected chi connectivity index (χ3v) is 3.51. The molecule has 0 saturated heterocycles. The SMILES string of the molecule is Cc1ncc(Sc2nc3cc(N)ccc3o2)nc1C. The number of aryl methyl sites for hydroxylation is 2. The van der Waals surface area contributed by atoms with Crippen LogP contribution in [0, 0.1) is 13.8 Å². The van der Waals surface area contributed by atoms with E-state index in [-0.39, 0.29) is 0 Å². The molecule has 0 spiro atoms. The Balaban J connectivity index is 1.94. The van der Waals surface area contributed by atoms with Crippen LogP contribution in [0.3, 0.4) is 0 Å². The maximum Gasteiger partial charge on any atom is 0.263 e. The molecular formula is C13H12N4OS. The van der Waals surface area contributed by atoms with E-state index in [4.69, 9.17) is 10.2 Å². The van der Waals surface area contributed by atoms with Crippen molar-refractivity contribution in [2.45, 2.75) is 24.1 Å². The number of benzene rings is 1. The van der Waals surface area contributed by atoms with E-state index in [1.807, 2.05) is 19.9 Å². The predicted octanol–water partition coefficient (Wildman–Crippen LogP) is 2.97. The average molecular weight is 272 g/mol. The smallest absolute Gasteiger partial charge is 0.263 e. The van der Waals surface area contributed by atoms with Gasteiger partial charge in [0.1, 0.15) is 10.5 Å². The lowest BCUT2D eigenvalue weighted by molar-refractivity contribution is 0.489. The molecule has 0 radical (unpaired) electrons. The van der Waals surface area contributed by atoms with Crippen LogP contribution in [0.2, 0.25) is 0 Å². The molecule has 96 valence electrons. The van der Waals surface area contributed by atoms with Crippen molar-refractivity contribution in [2.75, 3.05) is 5.73 Å². The number of anilines is 1. The molecule has 0 aliphatic rings. The van der Waals surface area contributed by atoms with Gasteiger partial charge in [-0.25, -0.2) is 9.97 Å². The van der Waals surface area contributed by atoms with Crippen LogP contribution in [0.25, 0.3) is 11.1 Å². The first kappa shape index (κ1) is 12.0. The van der Waals surface area contributed by atoms with Gasteiger partial charge >= 0.3 is 0 Å². The van der Waals surface area contributed by atoms with Crippen LogP contribution < -0.4 is 5.73 Å². The highest BCUT2D eigenvalue weighted by molar-refractivity contribution is 7.99. The maximum atomic E-state index is 5.71. The third kappa shape index (κ3) is 2.39. The molecule has 3 aromatic rings. The monoisotopic (exact) mass is 272 g/mol. The van der Waals surface area contributed by atoms with E-state index in [1.165, 1.54) is 11.8 Å². The highest BCUT2D eigenvalue weighted by Crippen LogP contribution is 2.29. The number of fused-ring (bicyclic) bond motifs is 1. The van der Waals surface area contributed by atoms with Gasteiger partial charge in [-0.3, -0.25) is 4.98 Å². The van der Waals surface area contributed by atoms with Crippen molar-refractivity contribution in [3.63, 3.8) is 0 Å². The largest absolute Gasteiger partial charge is 0.431 e. The van der Waals surface area contributed by atoms with E-state index in [0.29, 0.717) is 16.5 Å². The summed E-state index contributed by atoms with van der Waals surface area (Å²) >= 11 is 1.35. The lowest BCUT2D eigenvalue weighted by Gasteiger charge is -2.00. The van der Waals surface area contributed by atoms with E-state index in [0.717, 1.165) is 21.9 Å². The summed E-state index contributed by atoms with van der Waals surface area (Å²) in [6.07, 6.45) is 1.72. The average Bonchev–Trinajstić information content (AvgIpc) is 2.75. The molecule has 3 rings (SSSR count). The first-order valence-corrected chi connectivity index (χ1v) is 6.57.